The highest BCUT2D eigenvalue weighted by Crippen LogP contribution is 2.00. The van der Waals surface area contributed by atoms with E-state index in [1.165, 1.54) is 18.6 Å². The molecule has 0 aliphatic rings. The molecule has 6 heteroatoms. The van der Waals surface area contributed by atoms with Crippen LogP contribution in [0.2, 0.25) is 0 Å². The number of rotatable bonds is 9. The number of nitrogens with one attached hydrogen (secondary N) is 1. The molecule has 0 aliphatic heterocycles. The molecule has 0 aromatic heterocycles. The van der Waals surface area contributed by atoms with Crippen molar-refractivity contribution in [3.8, 4) is 0 Å². The van der Waals surface area contributed by atoms with Gasteiger partial charge in [0, 0.05) is 6.54 Å². The van der Waals surface area contributed by atoms with Crippen LogP contribution in [0.15, 0.2) is 0 Å². The first-order valence-corrected chi connectivity index (χ1v) is 7.87. The Morgan fingerprint density at radius 1 is 1.21 bits per heavy atom. The van der Waals surface area contributed by atoms with E-state index in [-0.39, 0.29) is 5.75 Å². The summed E-state index contributed by atoms with van der Waals surface area (Å²) >= 11 is 1.86. The molecule has 0 aliphatic carbocycles. The molecule has 0 rings (SSSR count). The van der Waals surface area contributed by atoms with Crippen LogP contribution in [0.25, 0.3) is 0 Å². The van der Waals surface area contributed by atoms with Crippen molar-refractivity contribution in [2.24, 2.45) is 5.14 Å². The third-order valence-electron chi connectivity index (χ3n) is 1.77. The minimum Gasteiger partial charge on any atom is -0.316 e. The molecule has 14 heavy (non-hydrogen) atoms. The Bertz CT molecular complexity index is 217. The van der Waals surface area contributed by atoms with Gasteiger partial charge in [-0.15, -0.1) is 0 Å². The van der Waals surface area contributed by atoms with E-state index in [1.54, 1.807) is 0 Å². The predicted octanol–water partition coefficient (Wildman–Crippen LogP) is 0.398. The van der Waals surface area contributed by atoms with E-state index in [0.717, 1.165) is 13.0 Å². The fourth-order valence-corrected chi connectivity index (χ4v) is 1.93. The summed E-state index contributed by atoms with van der Waals surface area (Å²) in [6, 6.07) is 0. The molecule has 0 radical (unpaired) electrons. The van der Waals surface area contributed by atoms with Crippen molar-refractivity contribution in [3.05, 3.63) is 0 Å². The van der Waals surface area contributed by atoms with E-state index in [1.807, 2.05) is 11.8 Å². The number of primary sulfonamides is 1. The number of sulfonamides is 1. The average Bonchev–Trinajstić information content (AvgIpc) is 2.08. The maximum atomic E-state index is 10.5. The highest BCUT2D eigenvalue weighted by Gasteiger charge is 2.00. The maximum absolute atomic E-state index is 10.5. The van der Waals surface area contributed by atoms with E-state index < -0.39 is 10.0 Å². The molecule has 0 saturated carbocycles. The molecule has 86 valence electrons. The fraction of sp³-hybridized carbons (Fsp3) is 1.00. The molecular weight excluding hydrogens is 220 g/mol. The molecule has 0 aromatic carbocycles. The van der Waals surface area contributed by atoms with E-state index in [9.17, 15) is 8.42 Å². The lowest BCUT2D eigenvalue weighted by Crippen LogP contribution is -2.27. The minimum absolute atomic E-state index is 0.0256. The van der Waals surface area contributed by atoms with Crippen LogP contribution in [-0.2, 0) is 10.0 Å². The number of unbranched alkanes of at least 4 members (excludes halogenated alkanes) is 2. The van der Waals surface area contributed by atoms with Crippen LogP contribution < -0.4 is 10.5 Å². The van der Waals surface area contributed by atoms with Crippen LogP contribution >= 0.6 is 11.8 Å². The highest BCUT2D eigenvalue weighted by molar-refractivity contribution is 7.98. The molecule has 0 spiro atoms. The molecule has 0 aromatic rings. The zero-order valence-corrected chi connectivity index (χ0v) is 10.3. The maximum Gasteiger partial charge on any atom is 0.210 e. The molecule has 0 atom stereocenters. The van der Waals surface area contributed by atoms with Gasteiger partial charge in [0.15, 0.2) is 0 Å². The SMILES string of the molecule is CSCCCCCNCCS(N)(=O)=O. The number of thioether (sulfide) groups is 1. The van der Waals surface area contributed by atoms with Crippen LogP contribution in [0.1, 0.15) is 19.3 Å². The van der Waals surface area contributed by atoms with Crippen molar-refractivity contribution in [1.29, 1.82) is 0 Å². The molecular formula is C8H20N2O2S2. The summed E-state index contributed by atoms with van der Waals surface area (Å²) in [5, 5.41) is 7.90. The molecule has 0 fully saturated rings. The lowest BCUT2D eigenvalue weighted by Gasteiger charge is -2.03. The summed E-state index contributed by atoms with van der Waals surface area (Å²) in [6.45, 7) is 1.34. The van der Waals surface area contributed by atoms with Gasteiger partial charge in [-0.05, 0) is 31.4 Å². The quantitative estimate of drug-likeness (QED) is 0.572. The zero-order valence-electron chi connectivity index (χ0n) is 8.66. The number of hydrogen-bond donors (Lipinski definition) is 2. The zero-order chi connectivity index (χ0) is 10.9. The van der Waals surface area contributed by atoms with Gasteiger partial charge < -0.3 is 5.32 Å². The van der Waals surface area contributed by atoms with Crippen molar-refractivity contribution < 1.29 is 8.42 Å². The lowest BCUT2D eigenvalue weighted by atomic mass is 10.2. The fourth-order valence-electron chi connectivity index (χ4n) is 1.01. The summed E-state index contributed by atoms with van der Waals surface area (Å²) in [4.78, 5) is 0. The van der Waals surface area contributed by atoms with Gasteiger partial charge in [-0.2, -0.15) is 11.8 Å². The van der Waals surface area contributed by atoms with Crippen LogP contribution in [0.5, 0.6) is 0 Å². The van der Waals surface area contributed by atoms with Crippen molar-refractivity contribution in [2.75, 3.05) is 30.9 Å². The number of hydrogen-bond acceptors (Lipinski definition) is 4. The lowest BCUT2D eigenvalue weighted by molar-refractivity contribution is 0.588. The van der Waals surface area contributed by atoms with Crippen molar-refractivity contribution in [2.45, 2.75) is 19.3 Å². The summed E-state index contributed by atoms with van der Waals surface area (Å²) in [5.41, 5.74) is 0. The average molecular weight is 240 g/mol. The second-order valence-electron chi connectivity index (χ2n) is 3.17. The van der Waals surface area contributed by atoms with E-state index in [2.05, 4.69) is 11.6 Å². The molecule has 0 heterocycles. The van der Waals surface area contributed by atoms with E-state index in [4.69, 9.17) is 5.14 Å². The molecule has 4 nitrogen and oxygen atoms in total. The topological polar surface area (TPSA) is 72.2 Å². The van der Waals surface area contributed by atoms with Gasteiger partial charge in [0.05, 0.1) is 5.75 Å². The van der Waals surface area contributed by atoms with Crippen molar-refractivity contribution in [3.63, 3.8) is 0 Å². The number of nitrogens with two attached hydrogens (primary N) is 1. The molecule has 3 N–H and O–H groups in total. The summed E-state index contributed by atoms with van der Waals surface area (Å²) in [6.07, 6.45) is 5.64. The van der Waals surface area contributed by atoms with Gasteiger partial charge in [-0.25, -0.2) is 13.6 Å². The Labute approximate surface area is 91.1 Å². The summed E-state index contributed by atoms with van der Waals surface area (Å²) < 4.78 is 21.1. The van der Waals surface area contributed by atoms with Crippen molar-refractivity contribution >= 4 is 21.8 Å². The van der Waals surface area contributed by atoms with Gasteiger partial charge in [-0.1, -0.05) is 6.42 Å². The Morgan fingerprint density at radius 3 is 2.50 bits per heavy atom. The highest BCUT2D eigenvalue weighted by atomic mass is 32.2. The molecule has 0 bridgehead atoms. The van der Waals surface area contributed by atoms with Crippen LogP contribution in [-0.4, -0.2) is 39.3 Å². The van der Waals surface area contributed by atoms with E-state index >= 15 is 0 Å². The second kappa shape index (κ2) is 8.52. The van der Waals surface area contributed by atoms with Gasteiger partial charge in [-0.3, -0.25) is 0 Å². The smallest absolute Gasteiger partial charge is 0.210 e. The third-order valence-corrected chi connectivity index (χ3v) is 3.24. The normalized spacial score (nSPS) is 11.9. The first-order chi connectivity index (χ1) is 6.56. The van der Waals surface area contributed by atoms with Gasteiger partial charge in [0.2, 0.25) is 10.0 Å². The largest absolute Gasteiger partial charge is 0.316 e. The third kappa shape index (κ3) is 12.2. The minimum atomic E-state index is -3.29. The van der Waals surface area contributed by atoms with Gasteiger partial charge >= 0.3 is 0 Å². The Morgan fingerprint density at radius 2 is 1.93 bits per heavy atom. The first-order valence-electron chi connectivity index (χ1n) is 4.76. The Kier molecular flexibility index (Phi) is 8.66. The van der Waals surface area contributed by atoms with E-state index in [0.29, 0.717) is 6.54 Å². The van der Waals surface area contributed by atoms with Crippen LogP contribution in [0, 0.1) is 0 Å². The standard InChI is InChI=1S/C8H20N2O2S2/c1-13-7-4-2-3-5-10-6-8-14(9,11)12/h10H,2-8H2,1H3,(H2,9,11,12). The predicted molar refractivity (Wildman–Crippen MR) is 63.1 cm³/mol. The monoisotopic (exact) mass is 240 g/mol. The van der Waals surface area contributed by atoms with Gasteiger partial charge in [0.1, 0.15) is 0 Å². The van der Waals surface area contributed by atoms with Gasteiger partial charge in [0.25, 0.3) is 0 Å². The molecule has 0 saturated heterocycles. The molecule has 0 amide bonds. The first kappa shape index (κ1) is 14.2. The molecule has 0 unspecified atom stereocenters. The van der Waals surface area contributed by atoms with Crippen LogP contribution in [0.4, 0.5) is 0 Å². The second-order valence-corrected chi connectivity index (χ2v) is 5.89. The van der Waals surface area contributed by atoms with Crippen LogP contribution in [0.3, 0.4) is 0 Å². The summed E-state index contributed by atoms with van der Waals surface area (Å²) in [7, 11) is -3.29. The summed E-state index contributed by atoms with van der Waals surface area (Å²) in [5.74, 6) is 1.23. The Balaban J connectivity index is 3.07. The van der Waals surface area contributed by atoms with Crippen molar-refractivity contribution in [1.82, 2.24) is 5.32 Å². The Hall–Kier alpha value is 0.220.